The normalized spacial score (nSPS) is 15.6. The predicted molar refractivity (Wildman–Crippen MR) is 356 cm³/mol. The molecule has 456 valence electrons. The number of nitrogens with one attached hydrogen (secondary N) is 5. The van der Waals surface area contributed by atoms with Crippen LogP contribution in [0.25, 0.3) is 33.2 Å². The highest BCUT2D eigenvalue weighted by Gasteiger charge is 2.32. The summed E-state index contributed by atoms with van der Waals surface area (Å²) in [7, 11) is 2.14. The summed E-state index contributed by atoms with van der Waals surface area (Å²) in [6.07, 6.45) is 10.7. The first-order chi connectivity index (χ1) is 42.1. The monoisotopic (exact) mass is 1290 g/mol. The number of ketones is 1. The molecule has 5 N–H and O–H groups in total. The van der Waals surface area contributed by atoms with Crippen molar-refractivity contribution in [1.29, 1.82) is 0 Å². The molecule has 10 rings (SSSR count). The number of aryl methyl sites for hydroxylation is 4. The van der Waals surface area contributed by atoms with Crippen molar-refractivity contribution in [2.45, 2.75) is 92.3 Å². The van der Waals surface area contributed by atoms with E-state index in [1.807, 2.05) is 83.4 Å². The van der Waals surface area contributed by atoms with Crippen LogP contribution >= 0.6 is 21.0 Å². The van der Waals surface area contributed by atoms with Crippen LogP contribution in [0.4, 0.5) is 17.3 Å². The van der Waals surface area contributed by atoms with Gasteiger partial charge in [-0.05, 0) is 162 Å². The van der Waals surface area contributed by atoms with Gasteiger partial charge in [0.1, 0.15) is 11.6 Å². The third kappa shape index (κ3) is 14.7. The van der Waals surface area contributed by atoms with Crippen LogP contribution in [0.5, 0.6) is 0 Å². The van der Waals surface area contributed by atoms with Crippen molar-refractivity contribution in [3.05, 3.63) is 169 Å². The molecule has 0 aliphatic carbocycles. The Hall–Kier alpha value is -8.08. The maximum atomic E-state index is 14.4. The Morgan fingerprint density at radius 2 is 1.26 bits per heavy atom. The first kappa shape index (κ1) is 62.0. The maximum absolute atomic E-state index is 14.4. The van der Waals surface area contributed by atoms with Gasteiger partial charge in [0.15, 0.2) is 5.78 Å². The number of rotatable bonds is 23. The number of piperazine rings is 2. The third-order valence-corrected chi connectivity index (χ3v) is 19.4. The Balaban J connectivity index is 0.756. The van der Waals surface area contributed by atoms with Crippen LogP contribution in [0.1, 0.15) is 106 Å². The largest absolute Gasteiger partial charge is 0.371 e. The van der Waals surface area contributed by atoms with Gasteiger partial charge in [-0.25, -0.2) is 13.1 Å². The molecule has 20 heteroatoms. The lowest BCUT2D eigenvalue weighted by atomic mass is 9.92. The molecule has 0 spiro atoms. The smallest absolute Gasteiger partial charge is 0.253 e. The zero-order valence-corrected chi connectivity index (χ0v) is 53.0. The molecule has 3 amide bonds. The van der Waals surface area contributed by atoms with Crippen LogP contribution in [0.2, 0.25) is 0 Å². The Morgan fingerprint density at radius 1 is 0.701 bits per heavy atom. The van der Waals surface area contributed by atoms with Crippen molar-refractivity contribution in [3.8, 4) is 22.3 Å². The number of aromatic amines is 2. The molecule has 0 saturated carbocycles. The molecular formula is C67H80IN13O6. The number of benzene rings is 2. The van der Waals surface area contributed by atoms with Crippen molar-refractivity contribution in [2.75, 3.05) is 93.7 Å². The van der Waals surface area contributed by atoms with Crippen molar-refractivity contribution in [1.82, 2.24) is 48.5 Å². The number of halogens is 1. The summed E-state index contributed by atoms with van der Waals surface area (Å²) >= 11 is -0.666. The SMILES string of the molecule is C=CC(=O)Cn1ccc2c(C(=O)NCc3c(CCC)cc(C)[nH]c3=O)cc(-c3ccc(N4CCN(I=CC(=O)NCCCN5CC(C)c6c(C(=O)NCc7c(CCC)cc(C)[nH]c7=O)cc(-c7ccc(N8CCN(C)CC8)nc7)cc65)CC4)nc3)cc21. The Bertz CT molecular complexity index is 3840. The molecule has 7 aromatic rings. The molecule has 2 fully saturated rings. The summed E-state index contributed by atoms with van der Waals surface area (Å²) in [5.41, 5.74) is 11.3. The predicted octanol–water partition coefficient (Wildman–Crippen LogP) is 7.97. The van der Waals surface area contributed by atoms with Gasteiger partial charge in [-0.1, -0.05) is 40.2 Å². The molecular weight excluding hydrogens is 1210 g/mol. The standard InChI is InChI=1S/C67H80IN13O6/c1-8-12-46-30-44(5)74-66(86)56(46)39-72-64(84)54-32-50(34-58-53(54)18-21-80(58)42-52(82)10-3)48-14-17-61(71-37-48)78-26-28-81(29-27-78)68-36-62(83)69-19-11-20-79-41-43(4)63-55(65(85)73-40-57-47(13-9-2)31-45(6)75-67(57)87)33-51(35-59(63)79)49-15-16-60(70-38-49)77-24-22-76(7)23-25-77/h10,14-18,21,30-38,43H,3,8-9,11-13,19-20,22-29,39-42H2,1-2,4-7H3,(H,69,83)(H,72,84)(H,73,85)(H,74,86)(H,75,87). The molecule has 19 nitrogen and oxygen atoms in total. The van der Waals surface area contributed by atoms with Gasteiger partial charge in [0.05, 0.1) is 6.54 Å². The van der Waals surface area contributed by atoms with Crippen molar-refractivity contribution in [3.63, 3.8) is 0 Å². The highest BCUT2D eigenvalue weighted by Crippen LogP contribution is 2.42. The maximum Gasteiger partial charge on any atom is 0.253 e. The first-order valence-electron chi connectivity index (χ1n) is 30.4. The van der Waals surface area contributed by atoms with E-state index >= 15 is 0 Å². The fraction of sp³-hybridized carbons (Fsp3) is 0.388. The molecule has 3 aliphatic heterocycles. The Morgan fingerprint density at radius 3 is 1.83 bits per heavy atom. The molecule has 8 heterocycles. The number of amides is 3. The number of aromatic nitrogens is 5. The molecule has 1 unspecified atom stereocenters. The van der Waals surface area contributed by atoms with Gasteiger partial charge in [0, 0.05) is 175 Å². The van der Waals surface area contributed by atoms with Gasteiger partial charge in [-0.2, -0.15) is 0 Å². The number of anilines is 3. The van der Waals surface area contributed by atoms with Crippen LogP contribution in [-0.2, 0) is 42.1 Å². The third-order valence-electron chi connectivity index (χ3n) is 16.8. The van der Waals surface area contributed by atoms with Gasteiger partial charge in [0.2, 0.25) is 0 Å². The lowest BCUT2D eigenvalue weighted by Crippen LogP contribution is -2.44. The molecule has 1 atom stereocenters. The fourth-order valence-electron chi connectivity index (χ4n) is 12.2. The van der Waals surface area contributed by atoms with Gasteiger partial charge in [0.25, 0.3) is 28.8 Å². The first-order valence-corrected chi connectivity index (χ1v) is 32.6. The highest BCUT2D eigenvalue weighted by molar-refractivity contribution is 14.2. The van der Waals surface area contributed by atoms with E-state index in [-0.39, 0.29) is 60.2 Å². The summed E-state index contributed by atoms with van der Waals surface area (Å²) in [4.78, 5) is 105. The van der Waals surface area contributed by atoms with Gasteiger partial charge < -0.3 is 50.1 Å². The number of nitrogens with zero attached hydrogens (tertiary/aromatic N) is 8. The number of allylic oxidation sites excluding steroid dienone is 1. The van der Waals surface area contributed by atoms with E-state index in [2.05, 4.69) is 101 Å². The van der Waals surface area contributed by atoms with Gasteiger partial charge >= 0.3 is 0 Å². The van der Waals surface area contributed by atoms with E-state index in [0.29, 0.717) is 52.7 Å². The van der Waals surface area contributed by atoms with E-state index in [1.54, 1.807) is 6.20 Å². The molecule has 5 aromatic heterocycles. The summed E-state index contributed by atoms with van der Waals surface area (Å²) in [6, 6.07) is 21.9. The Labute approximate surface area is 518 Å². The summed E-state index contributed by atoms with van der Waals surface area (Å²) in [5, 5.41) is 9.96. The second-order valence-corrected chi connectivity index (χ2v) is 25.7. The number of hydrogen-bond donors (Lipinski definition) is 5. The van der Waals surface area contributed by atoms with Crippen LogP contribution in [0.15, 0.2) is 108 Å². The van der Waals surface area contributed by atoms with Crippen molar-refractivity contribution in [2.24, 2.45) is 0 Å². The average Bonchev–Trinajstić information content (AvgIpc) is 2.40. The number of carbonyl (C=O) groups is 4. The number of hydrogen-bond acceptors (Lipinski definition) is 13. The molecule has 0 radical (unpaired) electrons. The quantitative estimate of drug-likeness (QED) is 0.0178. The number of pyridine rings is 4. The molecule has 3 aliphatic rings. The highest BCUT2D eigenvalue weighted by atomic mass is 127. The zero-order valence-electron chi connectivity index (χ0n) is 50.9. The summed E-state index contributed by atoms with van der Waals surface area (Å²) in [6.45, 7) is 22.7. The average molecular weight is 1290 g/mol. The zero-order chi connectivity index (χ0) is 61.3. The number of likely N-dealkylation sites (N-methyl/N-ethyl adjacent to an activating group) is 1. The molecule has 2 saturated heterocycles. The van der Waals surface area contributed by atoms with Crippen LogP contribution in [0, 0.1) is 13.8 Å². The number of carbonyl (C=O) groups excluding carboxylic acids is 4. The van der Waals surface area contributed by atoms with Gasteiger partial charge in [-0.3, -0.25) is 28.8 Å². The second-order valence-electron chi connectivity index (χ2n) is 23.2. The minimum absolute atomic E-state index is 0.0664. The lowest BCUT2D eigenvalue weighted by molar-refractivity contribution is -0.115. The van der Waals surface area contributed by atoms with E-state index in [4.69, 9.17) is 9.97 Å². The second kappa shape index (κ2) is 28.2. The fourth-order valence-corrected chi connectivity index (χ4v) is 14.0. The molecule has 0 bridgehead atoms. The number of fused-ring (bicyclic) bond motifs is 2. The van der Waals surface area contributed by atoms with Crippen LogP contribution in [0.3, 0.4) is 0 Å². The topological polar surface area (TPSA) is 217 Å². The summed E-state index contributed by atoms with van der Waals surface area (Å²) in [5.74, 6) is 1.05. The van der Waals surface area contributed by atoms with E-state index in [9.17, 15) is 28.8 Å². The Kier molecular flexibility index (Phi) is 20.1. The minimum Gasteiger partial charge on any atom is -0.371 e. The van der Waals surface area contributed by atoms with Gasteiger partial charge in [-0.15, -0.1) is 0 Å². The van der Waals surface area contributed by atoms with E-state index < -0.39 is 21.0 Å². The van der Waals surface area contributed by atoms with Crippen LogP contribution < -0.4 is 41.8 Å². The van der Waals surface area contributed by atoms with Crippen molar-refractivity contribution >= 4 is 76.7 Å². The minimum atomic E-state index is -0.666. The lowest BCUT2D eigenvalue weighted by Gasteiger charge is -2.33. The summed E-state index contributed by atoms with van der Waals surface area (Å²) < 4.78 is 6.00. The van der Waals surface area contributed by atoms with Crippen LogP contribution in [-0.4, -0.2) is 139 Å². The van der Waals surface area contributed by atoms with E-state index in [1.165, 1.54) is 6.08 Å². The van der Waals surface area contributed by atoms with Crippen molar-refractivity contribution < 1.29 is 19.2 Å². The number of H-pyrrole nitrogens is 2. The van der Waals surface area contributed by atoms with E-state index in [0.717, 1.165) is 152 Å². The molecule has 87 heavy (non-hydrogen) atoms. The molecule has 2 aromatic carbocycles.